The summed E-state index contributed by atoms with van der Waals surface area (Å²) >= 11 is 0. The van der Waals surface area contributed by atoms with E-state index >= 15 is 0 Å². The number of anilines is 1. The second-order valence-electron chi connectivity index (χ2n) is 8.33. The smallest absolute Gasteiger partial charge is 0.276 e. The average Bonchev–Trinajstić information content (AvgIpc) is 2.90. The van der Waals surface area contributed by atoms with Crippen molar-refractivity contribution in [2.24, 2.45) is 18.4 Å². The molecule has 1 aliphatic heterocycles. The van der Waals surface area contributed by atoms with Crippen LogP contribution in [0.25, 0.3) is 11.0 Å². The first-order valence-electron chi connectivity index (χ1n) is 9.21. The maximum atomic E-state index is 12.2. The van der Waals surface area contributed by atoms with Crippen LogP contribution >= 0.6 is 0 Å². The maximum absolute atomic E-state index is 12.2. The van der Waals surface area contributed by atoms with Crippen LogP contribution in [0.15, 0.2) is 11.1 Å². The minimum atomic E-state index is -0.135. The number of fused-ring (bicyclic) bond motifs is 1. The highest BCUT2D eigenvalue weighted by atomic mass is 16.1. The van der Waals surface area contributed by atoms with Gasteiger partial charge in [0.2, 0.25) is 0 Å². The number of aromatic nitrogens is 4. The van der Waals surface area contributed by atoms with Gasteiger partial charge in [-0.15, -0.1) is 0 Å². The van der Waals surface area contributed by atoms with Crippen molar-refractivity contribution in [3.05, 3.63) is 16.7 Å². The Kier molecular flexibility index (Phi) is 5.13. The molecule has 2 N–H and O–H groups in total. The van der Waals surface area contributed by atoms with E-state index in [9.17, 15) is 4.79 Å². The minimum absolute atomic E-state index is 0.135. The molecule has 3 heterocycles. The van der Waals surface area contributed by atoms with Gasteiger partial charge in [-0.2, -0.15) is 5.10 Å². The fraction of sp³-hybridized carbons (Fsp3) is 0.722. The number of H-pyrrole nitrogens is 1. The van der Waals surface area contributed by atoms with Crippen molar-refractivity contribution in [1.82, 2.24) is 25.1 Å². The van der Waals surface area contributed by atoms with Crippen LogP contribution in [-0.4, -0.2) is 45.9 Å². The largest absolute Gasteiger partial charge is 0.353 e. The van der Waals surface area contributed by atoms with Crippen LogP contribution in [-0.2, 0) is 7.05 Å². The highest BCUT2D eigenvalue weighted by molar-refractivity contribution is 5.85. The number of hydrogen-bond acceptors (Lipinski definition) is 5. The molecular weight excluding hydrogens is 316 g/mol. The van der Waals surface area contributed by atoms with Crippen LogP contribution < -0.4 is 15.8 Å². The van der Waals surface area contributed by atoms with Crippen LogP contribution in [0.4, 0.5) is 5.82 Å². The molecule has 0 bridgehead atoms. The molecule has 0 radical (unpaired) electrons. The zero-order valence-corrected chi connectivity index (χ0v) is 15.8. The van der Waals surface area contributed by atoms with Crippen molar-refractivity contribution in [2.45, 2.75) is 40.0 Å². The molecule has 0 amide bonds. The highest BCUT2D eigenvalue weighted by Gasteiger charge is 2.24. The lowest BCUT2D eigenvalue weighted by molar-refractivity contribution is 0.348. The van der Waals surface area contributed by atoms with E-state index in [1.807, 2.05) is 7.05 Å². The zero-order chi connectivity index (χ0) is 18.0. The van der Waals surface area contributed by atoms with E-state index in [0.29, 0.717) is 17.0 Å². The van der Waals surface area contributed by atoms with E-state index in [4.69, 9.17) is 0 Å². The SMILES string of the molecule is Cn1nc(N(CCC(C)(C)C)CC2CCNCC2)c2nc[nH]c(=O)c21. The molecule has 0 aliphatic carbocycles. The normalized spacial score (nSPS) is 16.5. The van der Waals surface area contributed by atoms with Crippen LogP contribution in [0, 0.1) is 11.3 Å². The average molecular weight is 346 g/mol. The highest BCUT2D eigenvalue weighted by Crippen LogP contribution is 2.27. The second-order valence-corrected chi connectivity index (χ2v) is 8.33. The van der Waals surface area contributed by atoms with Gasteiger partial charge in [-0.1, -0.05) is 20.8 Å². The third kappa shape index (κ3) is 4.21. The molecule has 7 heteroatoms. The molecule has 7 nitrogen and oxygen atoms in total. The summed E-state index contributed by atoms with van der Waals surface area (Å²) in [5, 5.41) is 8.09. The quantitative estimate of drug-likeness (QED) is 0.864. The number of rotatable bonds is 5. The molecule has 2 aromatic rings. The summed E-state index contributed by atoms with van der Waals surface area (Å²) in [7, 11) is 1.81. The Labute approximate surface area is 148 Å². The van der Waals surface area contributed by atoms with E-state index in [-0.39, 0.29) is 11.0 Å². The van der Waals surface area contributed by atoms with Crippen molar-refractivity contribution in [2.75, 3.05) is 31.1 Å². The first-order valence-corrected chi connectivity index (χ1v) is 9.21. The van der Waals surface area contributed by atoms with Crippen LogP contribution in [0.2, 0.25) is 0 Å². The maximum Gasteiger partial charge on any atom is 0.276 e. The van der Waals surface area contributed by atoms with Gasteiger partial charge in [0.25, 0.3) is 5.56 Å². The molecule has 3 rings (SSSR count). The van der Waals surface area contributed by atoms with Gasteiger partial charge in [-0.05, 0) is 43.7 Å². The van der Waals surface area contributed by atoms with E-state index in [1.54, 1.807) is 4.68 Å². The van der Waals surface area contributed by atoms with Gasteiger partial charge in [-0.25, -0.2) is 4.98 Å². The minimum Gasteiger partial charge on any atom is -0.353 e. The van der Waals surface area contributed by atoms with Crippen LogP contribution in [0.1, 0.15) is 40.0 Å². The summed E-state index contributed by atoms with van der Waals surface area (Å²) in [6.07, 6.45) is 4.91. The first-order chi connectivity index (χ1) is 11.8. The van der Waals surface area contributed by atoms with Crippen molar-refractivity contribution < 1.29 is 0 Å². The summed E-state index contributed by atoms with van der Waals surface area (Å²) in [6.45, 7) is 10.8. The summed E-state index contributed by atoms with van der Waals surface area (Å²) in [5.41, 5.74) is 1.36. The summed E-state index contributed by atoms with van der Waals surface area (Å²) in [6, 6.07) is 0. The van der Waals surface area contributed by atoms with Gasteiger partial charge >= 0.3 is 0 Å². The lowest BCUT2D eigenvalue weighted by Crippen LogP contribution is -2.38. The van der Waals surface area contributed by atoms with Crippen LogP contribution in [0.3, 0.4) is 0 Å². The monoisotopic (exact) mass is 346 g/mol. The van der Waals surface area contributed by atoms with E-state index in [1.165, 1.54) is 19.2 Å². The van der Waals surface area contributed by atoms with Crippen molar-refractivity contribution >= 4 is 16.9 Å². The molecule has 0 unspecified atom stereocenters. The number of nitrogens with zero attached hydrogens (tertiary/aromatic N) is 4. The van der Waals surface area contributed by atoms with Gasteiger partial charge in [0.15, 0.2) is 11.3 Å². The Morgan fingerprint density at radius 2 is 2.04 bits per heavy atom. The molecule has 0 spiro atoms. The van der Waals surface area contributed by atoms with Gasteiger partial charge in [-0.3, -0.25) is 9.48 Å². The van der Waals surface area contributed by atoms with Crippen molar-refractivity contribution in [1.29, 1.82) is 0 Å². The van der Waals surface area contributed by atoms with E-state index < -0.39 is 0 Å². The summed E-state index contributed by atoms with van der Waals surface area (Å²) < 4.78 is 1.66. The number of nitrogens with one attached hydrogen (secondary N) is 2. The lowest BCUT2D eigenvalue weighted by Gasteiger charge is -2.32. The van der Waals surface area contributed by atoms with Crippen molar-refractivity contribution in [3.63, 3.8) is 0 Å². The second kappa shape index (κ2) is 7.15. The summed E-state index contributed by atoms with van der Waals surface area (Å²) in [4.78, 5) is 21.6. The fourth-order valence-electron chi connectivity index (χ4n) is 3.44. The zero-order valence-electron chi connectivity index (χ0n) is 15.8. The summed E-state index contributed by atoms with van der Waals surface area (Å²) in [5.74, 6) is 1.49. The molecule has 1 aliphatic rings. The number of aromatic amines is 1. The Morgan fingerprint density at radius 1 is 1.32 bits per heavy atom. The fourth-order valence-corrected chi connectivity index (χ4v) is 3.44. The molecule has 1 fully saturated rings. The predicted molar refractivity (Wildman–Crippen MR) is 101 cm³/mol. The Morgan fingerprint density at radius 3 is 2.72 bits per heavy atom. The van der Waals surface area contributed by atoms with Gasteiger partial charge in [0.1, 0.15) is 5.52 Å². The number of hydrogen-bond donors (Lipinski definition) is 2. The molecule has 0 aromatic carbocycles. The van der Waals surface area contributed by atoms with Gasteiger partial charge in [0.05, 0.1) is 6.33 Å². The molecule has 25 heavy (non-hydrogen) atoms. The molecule has 138 valence electrons. The number of aryl methyl sites for hydroxylation is 1. The Bertz CT molecular complexity index is 766. The first kappa shape index (κ1) is 17.9. The molecule has 0 atom stereocenters. The molecule has 1 saturated heterocycles. The lowest BCUT2D eigenvalue weighted by atomic mass is 9.91. The van der Waals surface area contributed by atoms with Gasteiger partial charge < -0.3 is 15.2 Å². The van der Waals surface area contributed by atoms with Crippen molar-refractivity contribution in [3.8, 4) is 0 Å². The Balaban J connectivity index is 1.92. The predicted octanol–water partition coefficient (Wildman–Crippen LogP) is 1.90. The Hall–Kier alpha value is -1.89. The topological polar surface area (TPSA) is 78.8 Å². The molecular formula is C18H30N6O. The molecule has 2 aromatic heterocycles. The van der Waals surface area contributed by atoms with Gasteiger partial charge in [0, 0.05) is 20.1 Å². The van der Waals surface area contributed by atoms with Crippen LogP contribution in [0.5, 0.6) is 0 Å². The van der Waals surface area contributed by atoms with E-state index in [0.717, 1.165) is 38.4 Å². The molecule has 0 saturated carbocycles. The third-order valence-electron chi connectivity index (χ3n) is 4.98. The van der Waals surface area contributed by atoms with E-state index in [2.05, 4.69) is 46.1 Å². The standard InChI is InChI=1S/C18H30N6O/c1-18(2,3)7-10-24(11-13-5-8-19-9-6-13)16-14-15(23(4)22-16)17(25)21-12-20-14/h12-13,19H,5-11H2,1-4H3,(H,20,21,25). The third-order valence-corrected chi connectivity index (χ3v) is 4.98. The number of piperidine rings is 1.